The highest BCUT2D eigenvalue weighted by atomic mass is 35.5. The first-order valence-corrected chi connectivity index (χ1v) is 5.54. The molecule has 0 N–H and O–H groups in total. The molecule has 0 atom stereocenters. The summed E-state index contributed by atoms with van der Waals surface area (Å²) in [6.45, 7) is 4.02. The van der Waals surface area contributed by atoms with Gasteiger partial charge in [0.1, 0.15) is 5.69 Å². The van der Waals surface area contributed by atoms with Gasteiger partial charge in [0.15, 0.2) is 5.82 Å². The molecule has 2 heterocycles. The average molecular weight is 234 g/mol. The van der Waals surface area contributed by atoms with E-state index in [1.807, 2.05) is 20.0 Å². The predicted molar refractivity (Wildman–Crippen MR) is 64.3 cm³/mol. The Morgan fingerprint density at radius 1 is 1.06 bits per heavy atom. The second-order valence-electron chi connectivity index (χ2n) is 3.73. The fraction of sp³-hybridized carbons (Fsp3) is 0.250. The smallest absolute Gasteiger partial charge is 0.178 e. The molecular formula is C12H12ClN3. The van der Waals surface area contributed by atoms with Gasteiger partial charge in [-0.25, -0.2) is 9.97 Å². The molecule has 2 rings (SSSR count). The summed E-state index contributed by atoms with van der Waals surface area (Å²) in [6, 6.07) is 2.07. The van der Waals surface area contributed by atoms with Crippen molar-refractivity contribution in [1.29, 1.82) is 0 Å². The van der Waals surface area contributed by atoms with Crippen molar-refractivity contribution in [1.82, 2.24) is 15.0 Å². The summed E-state index contributed by atoms with van der Waals surface area (Å²) in [6.07, 6.45) is 5.29. The summed E-state index contributed by atoms with van der Waals surface area (Å²) >= 11 is 5.68. The van der Waals surface area contributed by atoms with Gasteiger partial charge in [-0.3, -0.25) is 4.98 Å². The van der Waals surface area contributed by atoms with Crippen molar-refractivity contribution in [2.45, 2.75) is 19.7 Å². The highest BCUT2D eigenvalue weighted by molar-refractivity contribution is 6.17. The average Bonchev–Trinajstić information content (AvgIpc) is 2.29. The van der Waals surface area contributed by atoms with Crippen LogP contribution in [0.15, 0.2) is 24.7 Å². The highest BCUT2D eigenvalue weighted by Gasteiger charge is 2.06. The van der Waals surface area contributed by atoms with Crippen LogP contribution in [0.3, 0.4) is 0 Å². The minimum atomic E-state index is 0.431. The third kappa shape index (κ3) is 2.19. The minimum Gasteiger partial charge on any atom is -0.252 e. The van der Waals surface area contributed by atoms with Crippen LogP contribution in [-0.4, -0.2) is 15.0 Å². The fourth-order valence-corrected chi connectivity index (χ4v) is 1.63. The number of aromatic nitrogens is 3. The fourth-order valence-electron chi connectivity index (χ4n) is 1.50. The first-order chi connectivity index (χ1) is 7.70. The number of aryl methyl sites for hydroxylation is 2. The molecule has 0 aliphatic carbocycles. The lowest BCUT2D eigenvalue weighted by Crippen LogP contribution is -1.96. The van der Waals surface area contributed by atoms with Crippen molar-refractivity contribution in [2.24, 2.45) is 0 Å². The van der Waals surface area contributed by atoms with Gasteiger partial charge in [0.25, 0.3) is 0 Å². The van der Waals surface area contributed by atoms with E-state index in [-0.39, 0.29) is 0 Å². The second kappa shape index (κ2) is 4.58. The maximum atomic E-state index is 5.68. The maximum absolute atomic E-state index is 5.68. The lowest BCUT2D eigenvalue weighted by atomic mass is 10.1. The Labute approximate surface area is 99.5 Å². The van der Waals surface area contributed by atoms with Gasteiger partial charge in [0, 0.05) is 24.2 Å². The van der Waals surface area contributed by atoms with Gasteiger partial charge in [0.2, 0.25) is 0 Å². The van der Waals surface area contributed by atoms with Crippen LogP contribution in [0, 0.1) is 13.8 Å². The van der Waals surface area contributed by atoms with E-state index in [2.05, 4.69) is 21.0 Å². The molecular weight excluding hydrogens is 222 g/mol. The topological polar surface area (TPSA) is 38.7 Å². The molecule has 0 amide bonds. The van der Waals surface area contributed by atoms with E-state index in [0.29, 0.717) is 11.7 Å². The second-order valence-corrected chi connectivity index (χ2v) is 3.99. The van der Waals surface area contributed by atoms with Crippen molar-refractivity contribution in [3.8, 4) is 11.5 Å². The number of hydrogen-bond donors (Lipinski definition) is 0. The van der Waals surface area contributed by atoms with Gasteiger partial charge in [-0.1, -0.05) is 6.07 Å². The molecule has 0 fully saturated rings. The van der Waals surface area contributed by atoms with E-state index < -0.39 is 0 Å². The monoisotopic (exact) mass is 233 g/mol. The number of pyridine rings is 1. The molecule has 0 spiro atoms. The highest BCUT2D eigenvalue weighted by Crippen LogP contribution is 2.17. The number of nitrogens with zero attached hydrogens (tertiary/aromatic N) is 3. The summed E-state index contributed by atoms with van der Waals surface area (Å²) in [7, 11) is 0. The van der Waals surface area contributed by atoms with E-state index in [9.17, 15) is 0 Å². The molecule has 16 heavy (non-hydrogen) atoms. The molecule has 0 bridgehead atoms. The van der Waals surface area contributed by atoms with Crippen LogP contribution in [0.5, 0.6) is 0 Å². The van der Waals surface area contributed by atoms with E-state index >= 15 is 0 Å². The Kier molecular flexibility index (Phi) is 3.15. The lowest BCUT2D eigenvalue weighted by molar-refractivity contribution is 1.09. The third-order valence-corrected chi connectivity index (χ3v) is 2.60. The van der Waals surface area contributed by atoms with Crippen molar-refractivity contribution >= 4 is 11.6 Å². The Morgan fingerprint density at radius 2 is 1.75 bits per heavy atom. The van der Waals surface area contributed by atoms with Crippen LogP contribution in [0.25, 0.3) is 11.5 Å². The zero-order chi connectivity index (χ0) is 11.5. The van der Waals surface area contributed by atoms with Gasteiger partial charge < -0.3 is 0 Å². The summed E-state index contributed by atoms with van der Waals surface area (Å²) in [4.78, 5) is 12.8. The molecule has 0 aliphatic heterocycles. The Morgan fingerprint density at radius 3 is 2.31 bits per heavy atom. The third-order valence-electron chi connectivity index (χ3n) is 2.29. The summed E-state index contributed by atoms with van der Waals surface area (Å²) in [5, 5.41) is 0. The molecule has 2 aromatic heterocycles. The van der Waals surface area contributed by atoms with Gasteiger partial charge in [-0.15, -0.1) is 11.6 Å². The molecule has 2 aromatic rings. The molecule has 3 nitrogen and oxygen atoms in total. The van der Waals surface area contributed by atoms with Gasteiger partial charge in [0.05, 0.1) is 5.88 Å². The summed E-state index contributed by atoms with van der Waals surface area (Å²) in [5.74, 6) is 1.08. The maximum Gasteiger partial charge on any atom is 0.178 e. The van der Waals surface area contributed by atoms with Gasteiger partial charge in [-0.05, 0) is 25.0 Å². The van der Waals surface area contributed by atoms with Crippen LogP contribution in [-0.2, 0) is 5.88 Å². The van der Waals surface area contributed by atoms with Crippen molar-refractivity contribution in [3.63, 3.8) is 0 Å². The number of alkyl halides is 1. The Hall–Kier alpha value is -1.48. The van der Waals surface area contributed by atoms with Crippen molar-refractivity contribution in [3.05, 3.63) is 41.3 Å². The van der Waals surface area contributed by atoms with Crippen LogP contribution >= 0.6 is 11.6 Å². The van der Waals surface area contributed by atoms with Crippen LogP contribution in [0.2, 0.25) is 0 Å². The van der Waals surface area contributed by atoms with E-state index in [1.165, 1.54) is 0 Å². The molecule has 0 saturated heterocycles. The zero-order valence-corrected chi connectivity index (χ0v) is 9.99. The number of halogens is 1. The van der Waals surface area contributed by atoms with E-state index in [0.717, 1.165) is 22.4 Å². The van der Waals surface area contributed by atoms with Gasteiger partial charge >= 0.3 is 0 Å². The normalized spacial score (nSPS) is 10.4. The zero-order valence-electron chi connectivity index (χ0n) is 9.24. The molecule has 0 saturated carbocycles. The SMILES string of the molecule is Cc1cnc(-c2ncc(CCl)cn2)c(C)c1. The minimum absolute atomic E-state index is 0.431. The Bertz CT molecular complexity index is 494. The summed E-state index contributed by atoms with van der Waals surface area (Å²) in [5.41, 5.74) is 3.96. The first-order valence-electron chi connectivity index (χ1n) is 5.01. The molecule has 0 aromatic carbocycles. The molecule has 0 radical (unpaired) electrons. The molecule has 82 valence electrons. The van der Waals surface area contributed by atoms with E-state index in [1.54, 1.807) is 12.4 Å². The van der Waals surface area contributed by atoms with E-state index in [4.69, 9.17) is 11.6 Å². The van der Waals surface area contributed by atoms with Crippen molar-refractivity contribution < 1.29 is 0 Å². The first kappa shape index (κ1) is 11.0. The quantitative estimate of drug-likeness (QED) is 0.749. The largest absolute Gasteiger partial charge is 0.252 e. The predicted octanol–water partition coefficient (Wildman–Crippen LogP) is 2.89. The molecule has 0 unspecified atom stereocenters. The Balaban J connectivity index is 2.42. The number of rotatable bonds is 2. The van der Waals surface area contributed by atoms with Crippen LogP contribution in [0.4, 0.5) is 0 Å². The molecule has 0 aliphatic rings. The standard InChI is InChI=1S/C12H12ClN3/c1-8-3-9(2)11(14-5-8)12-15-6-10(4-13)7-16-12/h3,5-7H,4H2,1-2H3. The number of hydrogen-bond acceptors (Lipinski definition) is 3. The van der Waals surface area contributed by atoms with Crippen molar-refractivity contribution in [2.75, 3.05) is 0 Å². The molecule has 4 heteroatoms. The van der Waals surface area contributed by atoms with Gasteiger partial charge in [-0.2, -0.15) is 0 Å². The van der Waals surface area contributed by atoms with Crippen LogP contribution < -0.4 is 0 Å². The lowest BCUT2D eigenvalue weighted by Gasteiger charge is -2.04. The summed E-state index contributed by atoms with van der Waals surface area (Å²) < 4.78 is 0. The van der Waals surface area contributed by atoms with Crippen LogP contribution in [0.1, 0.15) is 16.7 Å².